The maximum Gasteiger partial charge on any atom is 0.314 e. The minimum atomic E-state index is -0.0397. The van der Waals surface area contributed by atoms with E-state index in [1.54, 1.807) is 0 Å². The zero-order valence-corrected chi connectivity index (χ0v) is 14.7. The van der Waals surface area contributed by atoms with Gasteiger partial charge >= 0.3 is 5.97 Å². The van der Waals surface area contributed by atoms with E-state index in [1.807, 2.05) is 30.3 Å². The molecule has 3 aromatic rings. The zero-order chi connectivity index (χ0) is 17.5. The van der Waals surface area contributed by atoms with Crippen LogP contribution in [0.1, 0.15) is 30.7 Å². The Morgan fingerprint density at radius 2 is 1.50 bits per heavy atom. The maximum atomic E-state index is 12.9. The van der Waals surface area contributed by atoms with E-state index >= 15 is 0 Å². The van der Waals surface area contributed by atoms with Crippen molar-refractivity contribution in [2.75, 3.05) is 0 Å². The van der Waals surface area contributed by atoms with Crippen LogP contribution in [0.4, 0.5) is 0 Å². The molecule has 3 aromatic carbocycles. The standard InChI is InChI=1S/C24H22O2/c25-24(26-19-14-13-16-7-4-5-10-18(16)15-19)23-20-11-6-12-21(23)22(20)17-8-2-1-3-9-17/h1-5,7-10,13-15,20-23H,6,11-12H2/t20-,21+,22?,23?. The Labute approximate surface area is 153 Å². The number of rotatable bonds is 3. The molecule has 5 rings (SSSR count). The normalized spacial score (nSPS) is 26.9. The Kier molecular flexibility index (Phi) is 3.77. The van der Waals surface area contributed by atoms with Crippen molar-refractivity contribution < 1.29 is 9.53 Å². The van der Waals surface area contributed by atoms with Crippen LogP contribution in [0, 0.1) is 17.8 Å². The highest BCUT2D eigenvalue weighted by molar-refractivity contribution is 5.85. The third-order valence-electron chi connectivity index (χ3n) is 6.32. The Bertz CT molecular complexity index is 935. The van der Waals surface area contributed by atoms with Crippen LogP contribution >= 0.6 is 0 Å². The summed E-state index contributed by atoms with van der Waals surface area (Å²) < 4.78 is 5.81. The second kappa shape index (κ2) is 6.28. The van der Waals surface area contributed by atoms with Gasteiger partial charge in [-0.3, -0.25) is 4.79 Å². The van der Waals surface area contributed by atoms with Gasteiger partial charge in [-0.05, 0) is 59.1 Å². The predicted octanol–water partition coefficient (Wildman–Crippen LogP) is 5.58. The first-order valence-electron chi connectivity index (χ1n) is 9.57. The average molecular weight is 342 g/mol. The number of esters is 1. The summed E-state index contributed by atoms with van der Waals surface area (Å²) in [6, 6.07) is 24.7. The van der Waals surface area contributed by atoms with Crippen molar-refractivity contribution in [3.63, 3.8) is 0 Å². The van der Waals surface area contributed by atoms with E-state index in [-0.39, 0.29) is 11.9 Å². The molecule has 26 heavy (non-hydrogen) atoms. The first-order valence-corrected chi connectivity index (χ1v) is 9.57. The molecule has 0 saturated heterocycles. The van der Waals surface area contributed by atoms with Crippen LogP contribution in [0.2, 0.25) is 0 Å². The predicted molar refractivity (Wildman–Crippen MR) is 103 cm³/mol. The van der Waals surface area contributed by atoms with Gasteiger partial charge in [-0.2, -0.15) is 0 Å². The van der Waals surface area contributed by atoms with Gasteiger partial charge < -0.3 is 4.74 Å². The lowest BCUT2D eigenvalue weighted by Gasteiger charge is -2.55. The molecule has 2 nitrogen and oxygen atoms in total. The first kappa shape index (κ1) is 15.6. The topological polar surface area (TPSA) is 26.3 Å². The molecular formula is C24H22O2. The molecule has 0 spiro atoms. The van der Waals surface area contributed by atoms with Gasteiger partial charge in [-0.1, -0.05) is 67.1 Å². The average Bonchev–Trinajstić information content (AvgIpc) is 2.69. The van der Waals surface area contributed by atoms with Crippen LogP contribution < -0.4 is 4.74 Å². The summed E-state index contributed by atoms with van der Waals surface area (Å²) in [5.41, 5.74) is 1.39. The number of hydrogen-bond acceptors (Lipinski definition) is 2. The van der Waals surface area contributed by atoms with E-state index in [2.05, 4.69) is 42.5 Å². The molecule has 0 radical (unpaired) electrons. The van der Waals surface area contributed by atoms with Crippen LogP contribution in [0.25, 0.3) is 10.8 Å². The van der Waals surface area contributed by atoms with Crippen LogP contribution in [0.5, 0.6) is 5.75 Å². The van der Waals surface area contributed by atoms with Crippen molar-refractivity contribution in [1.82, 2.24) is 0 Å². The van der Waals surface area contributed by atoms with Gasteiger partial charge in [0, 0.05) is 0 Å². The first-order chi connectivity index (χ1) is 12.8. The lowest BCUT2D eigenvalue weighted by atomic mass is 9.48. The van der Waals surface area contributed by atoms with Gasteiger partial charge in [0.15, 0.2) is 0 Å². The molecule has 2 aliphatic carbocycles. The third-order valence-corrected chi connectivity index (χ3v) is 6.32. The Balaban J connectivity index is 1.36. The number of carbonyl (C=O) groups is 1. The molecule has 2 heteroatoms. The number of ether oxygens (including phenoxy) is 1. The van der Waals surface area contributed by atoms with Crippen molar-refractivity contribution >= 4 is 16.7 Å². The molecule has 2 unspecified atom stereocenters. The van der Waals surface area contributed by atoms with Gasteiger partial charge in [0.1, 0.15) is 5.75 Å². The van der Waals surface area contributed by atoms with Crippen molar-refractivity contribution in [3.05, 3.63) is 78.4 Å². The molecule has 2 bridgehead atoms. The number of hydrogen-bond donors (Lipinski definition) is 0. The largest absolute Gasteiger partial charge is 0.426 e. The second-order valence-electron chi connectivity index (χ2n) is 7.65. The molecule has 2 fully saturated rings. The van der Waals surface area contributed by atoms with Crippen molar-refractivity contribution in [1.29, 1.82) is 0 Å². The van der Waals surface area contributed by atoms with Gasteiger partial charge in [0.05, 0.1) is 5.92 Å². The highest BCUT2D eigenvalue weighted by Gasteiger charge is 2.56. The number of benzene rings is 3. The molecule has 130 valence electrons. The molecule has 4 atom stereocenters. The van der Waals surface area contributed by atoms with Crippen LogP contribution in [-0.4, -0.2) is 5.97 Å². The minimum Gasteiger partial charge on any atom is -0.426 e. The summed E-state index contributed by atoms with van der Waals surface area (Å²) in [6.45, 7) is 0. The Morgan fingerprint density at radius 3 is 2.27 bits per heavy atom. The second-order valence-corrected chi connectivity index (χ2v) is 7.65. The lowest BCUT2D eigenvalue weighted by Crippen LogP contribution is -2.53. The summed E-state index contributed by atoms with van der Waals surface area (Å²) in [7, 11) is 0. The van der Waals surface area contributed by atoms with Crippen LogP contribution in [-0.2, 0) is 4.79 Å². The maximum absolute atomic E-state index is 12.9. The molecule has 0 aliphatic heterocycles. The van der Waals surface area contributed by atoms with E-state index < -0.39 is 0 Å². The monoisotopic (exact) mass is 342 g/mol. The number of carbonyl (C=O) groups excluding carboxylic acids is 1. The highest BCUT2D eigenvalue weighted by atomic mass is 16.5. The van der Waals surface area contributed by atoms with Crippen molar-refractivity contribution in [3.8, 4) is 5.75 Å². The van der Waals surface area contributed by atoms with E-state index in [9.17, 15) is 4.79 Å². The quantitative estimate of drug-likeness (QED) is 0.459. The van der Waals surface area contributed by atoms with Crippen LogP contribution in [0.3, 0.4) is 0 Å². The fourth-order valence-corrected chi connectivity index (χ4v) is 5.18. The molecular weight excluding hydrogens is 320 g/mol. The summed E-state index contributed by atoms with van der Waals surface area (Å²) >= 11 is 0. The smallest absolute Gasteiger partial charge is 0.314 e. The van der Waals surface area contributed by atoms with E-state index in [0.29, 0.717) is 23.5 Å². The molecule has 0 amide bonds. The Morgan fingerprint density at radius 1 is 0.808 bits per heavy atom. The molecule has 2 saturated carbocycles. The summed E-state index contributed by atoms with van der Waals surface area (Å²) in [5.74, 6) is 2.07. The van der Waals surface area contributed by atoms with Crippen LogP contribution in [0.15, 0.2) is 72.8 Å². The van der Waals surface area contributed by atoms with E-state index in [4.69, 9.17) is 4.74 Å². The van der Waals surface area contributed by atoms with E-state index in [0.717, 1.165) is 23.6 Å². The van der Waals surface area contributed by atoms with Gasteiger partial charge in [-0.15, -0.1) is 0 Å². The summed E-state index contributed by atoms with van der Waals surface area (Å²) in [5, 5.41) is 2.27. The van der Waals surface area contributed by atoms with E-state index in [1.165, 1.54) is 12.0 Å². The fourth-order valence-electron chi connectivity index (χ4n) is 5.18. The van der Waals surface area contributed by atoms with Gasteiger partial charge in [-0.25, -0.2) is 0 Å². The van der Waals surface area contributed by atoms with Crippen molar-refractivity contribution in [2.24, 2.45) is 17.8 Å². The molecule has 0 aromatic heterocycles. The summed E-state index contributed by atoms with van der Waals surface area (Å²) in [6.07, 6.45) is 3.50. The SMILES string of the molecule is O=C(Oc1ccc2ccccc2c1)C1[C@H]2CCC[C@@H]1C2c1ccccc1. The highest BCUT2D eigenvalue weighted by Crippen LogP contribution is 2.60. The van der Waals surface area contributed by atoms with Gasteiger partial charge in [0.2, 0.25) is 0 Å². The number of fused-ring (bicyclic) bond motifs is 3. The molecule has 0 N–H and O–H groups in total. The zero-order valence-electron chi connectivity index (χ0n) is 14.7. The molecule has 0 heterocycles. The summed E-state index contributed by atoms with van der Waals surface area (Å²) in [4.78, 5) is 12.9. The third kappa shape index (κ3) is 2.52. The van der Waals surface area contributed by atoms with Crippen molar-refractivity contribution in [2.45, 2.75) is 25.2 Å². The van der Waals surface area contributed by atoms with Gasteiger partial charge in [0.25, 0.3) is 0 Å². The molecule has 2 aliphatic rings. The lowest BCUT2D eigenvalue weighted by molar-refractivity contribution is -0.156. The fraction of sp³-hybridized carbons (Fsp3) is 0.292. The minimum absolute atomic E-state index is 0.0397. The Hall–Kier alpha value is -2.61.